The van der Waals surface area contributed by atoms with Crippen LogP contribution in [0.4, 0.5) is 0 Å². The second kappa shape index (κ2) is 5.80. The molecule has 0 saturated carbocycles. The summed E-state index contributed by atoms with van der Waals surface area (Å²) in [5.74, 6) is 0. The highest BCUT2D eigenvalue weighted by atomic mass is 16.3. The van der Waals surface area contributed by atoms with E-state index in [0.717, 1.165) is 5.56 Å². The van der Waals surface area contributed by atoms with Gasteiger partial charge in [-0.25, -0.2) is 0 Å². The monoisotopic (exact) mass is 241 g/mol. The molecule has 0 aliphatic rings. The maximum absolute atomic E-state index is 9.60. The molecule has 0 bridgehead atoms. The normalized spacial score (nSPS) is 12.4. The molecule has 3 N–H and O–H groups in total. The SMILES string of the molecule is Cc1ccccc1-c1cccc(CC(O)CN)c1. The van der Waals surface area contributed by atoms with E-state index in [1.54, 1.807) is 0 Å². The third-order valence-electron chi connectivity index (χ3n) is 3.13. The quantitative estimate of drug-likeness (QED) is 0.864. The maximum Gasteiger partial charge on any atom is 0.0702 e. The van der Waals surface area contributed by atoms with Crippen LogP contribution in [0.2, 0.25) is 0 Å². The molecule has 0 heterocycles. The Morgan fingerprint density at radius 1 is 1.11 bits per heavy atom. The fraction of sp³-hybridized carbons (Fsp3) is 0.250. The third kappa shape index (κ3) is 2.97. The number of aliphatic hydroxyl groups is 1. The molecule has 18 heavy (non-hydrogen) atoms. The lowest BCUT2D eigenvalue weighted by atomic mass is 9.97. The van der Waals surface area contributed by atoms with E-state index in [9.17, 15) is 5.11 Å². The van der Waals surface area contributed by atoms with Crippen molar-refractivity contribution in [3.8, 4) is 11.1 Å². The Labute approximate surface area is 108 Å². The number of hydrogen-bond acceptors (Lipinski definition) is 2. The molecule has 2 aromatic rings. The van der Waals surface area contributed by atoms with Gasteiger partial charge in [-0.2, -0.15) is 0 Å². The van der Waals surface area contributed by atoms with Crippen molar-refractivity contribution in [3.05, 3.63) is 59.7 Å². The molecule has 0 fully saturated rings. The summed E-state index contributed by atoms with van der Waals surface area (Å²) >= 11 is 0. The van der Waals surface area contributed by atoms with E-state index in [1.807, 2.05) is 24.3 Å². The Morgan fingerprint density at radius 2 is 1.89 bits per heavy atom. The minimum Gasteiger partial charge on any atom is -0.391 e. The summed E-state index contributed by atoms with van der Waals surface area (Å²) in [5.41, 5.74) is 10.2. The van der Waals surface area contributed by atoms with Crippen LogP contribution in [0.15, 0.2) is 48.5 Å². The van der Waals surface area contributed by atoms with Crippen LogP contribution in [-0.4, -0.2) is 17.8 Å². The first-order valence-electron chi connectivity index (χ1n) is 6.24. The Morgan fingerprint density at radius 3 is 2.61 bits per heavy atom. The van der Waals surface area contributed by atoms with Crippen molar-refractivity contribution in [1.82, 2.24) is 0 Å². The van der Waals surface area contributed by atoms with E-state index in [2.05, 4.69) is 31.2 Å². The van der Waals surface area contributed by atoms with E-state index in [-0.39, 0.29) is 0 Å². The lowest BCUT2D eigenvalue weighted by Crippen LogP contribution is -2.21. The third-order valence-corrected chi connectivity index (χ3v) is 3.13. The minimum absolute atomic E-state index is 0.300. The van der Waals surface area contributed by atoms with Crippen molar-refractivity contribution in [2.75, 3.05) is 6.54 Å². The van der Waals surface area contributed by atoms with Gasteiger partial charge in [0, 0.05) is 6.54 Å². The van der Waals surface area contributed by atoms with Crippen molar-refractivity contribution < 1.29 is 5.11 Å². The molecular weight excluding hydrogens is 222 g/mol. The predicted molar refractivity (Wildman–Crippen MR) is 75.4 cm³/mol. The van der Waals surface area contributed by atoms with Crippen molar-refractivity contribution >= 4 is 0 Å². The van der Waals surface area contributed by atoms with Gasteiger partial charge in [0.1, 0.15) is 0 Å². The number of nitrogens with two attached hydrogens (primary N) is 1. The zero-order valence-corrected chi connectivity index (χ0v) is 10.6. The van der Waals surface area contributed by atoms with Crippen LogP contribution >= 0.6 is 0 Å². The highest BCUT2D eigenvalue weighted by Crippen LogP contribution is 2.24. The number of hydrogen-bond donors (Lipinski definition) is 2. The minimum atomic E-state index is -0.461. The van der Waals surface area contributed by atoms with E-state index in [1.165, 1.54) is 16.7 Å². The van der Waals surface area contributed by atoms with Crippen LogP contribution in [0.1, 0.15) is 11.1 Å². The highest BCUT2D eigenvalue weighted by molar-refractivity contribution is 5.67. The molecule has 2 nitrogen and oxygen atoms in total. The van der Waals surface area contributed by atoms with Crippen LogP contribution in [0, 0.1) is 6.92 Å². The summed E-state index contributed by atoms with van der Waals surface area (Å²) in [6, 6.07) is 16.6. The van der Waals surface area contributed by atoms with Crippen LogP contribution < -0.4 is 5.73 Å². The summed E-state index contributed by atoms with van der Waals surface area (Å²) in [6.07, 6.45) is 0.146. The molecule has 0 aliphatic heterocycles. The molecule has 0 aliphatic carbocycles. The van der Waals surface area contributed by atoms with Crippen LogP contribution in [0.25, 0.3) is 11.1 Å². The van der Waals surface area contributed by atoms with Crippen LogP contribution in [0.3, 0.4) is 0 Å². The Kier molecular flexibility index (Phi) is 4.13. The second-order valence-electron chi connectivity index (χ2n) is 4.61. The first-order valence-corrected chi connectivity index (χ1v) is 6.24. The van der Waals surface area contributed by atoms with Gasteiger partial charge in [0.05, 0.1) is 6.10 Å². The summed E-state index contributed by atoms with van der Waals surface area (Å²) in [6.45, 7) is 2.41. The lowest BCUT2D eigenvalue weighted by molar-refractivity contribution is 0.183. The van der Waals surface area contributed by atoms with E-state index in [4.69, 9.17) is 5.73 Å². The van der Waals surface area contributed by atoms with Gasteiger partial charge >= 0.3 is 0 Å². The van der Waals surface area contributed by atoms with Crippen molar-refractivity contribution in [1.29, 1.82) is 0 Å². The molecule has 0 spiro atoms. The molecule has 1 unspecified atom stereocenters. The zero-order valence-electron chi connectivity index (χ0n) is 10.6. The van der Waals surface area contributed by atoms with Gasteiger partial charge < -0.3 is 10.8 Å². The van der Waals surface area contributed by atoms with Crippen molar-refractivity contribution in [2.45, 2.75) is 19.4 Å². The van der Waals surface area contributed by atoms with Gasteiger partial charge in [0.15, 0.2) is 0 Å². The molecule has 0 saturated heterocycles. The maximum atomic E-state index is 9.60. The van der Waals surface area contributed by atoms with Gasteiger partial charge in [-0.3, -0.25) is 0 Å². The summed E-state index contributed by atoms with van der Waals surface area (Å²) in [5, 5.41) is 9.60. The molecule has 94 valence electrons. The number of benzene rings is 2. The Bertz CT molecular complexity index is 522. The average Bonchev–Trinajstić information content (AvgIpc) is 2.39. The predicted octanol–water partition coefficient (Wildman–Crippen LogP) is 2.52. The van der Waals surface area contributed by atoms with Crippen LogP contribution in [0.5, 0.6) is 0 Å². The fourth-order valence-corrected chi connectivity index (χ4v) is 2.12. The largest absolute Gasteiger partial charge is 0.391 e. The first-order chi connectivity index (χ1) is 8.70. The summed E-state index contributed by atoms with van der Waals surface area (Å²) in [4.78, 5) is 0. The molecule has 0 amide bonds. The molecule has 2 rings (SSSR count). The Balaban J connectivity index is 2.30. The molecule has 0 radical (unpaired) electrons. The van der Waals surface area contributed by atoms with Gasteiger partial charge in [0.25, 0.3) is 0 Å². The number of aryl methyl sites for hydroxylation is 1. The van der Waals surface area contributed by atoms with Gasteiger partial charge in [-0.05, 0) is 35.6 Å². The number of rotatable bonds is 4. The highest BCUT2D eigenvalue weighted by Gasteiger charge is 2.05. The summed E-state index contributed by atoms with van der Waals surface area (Å²) in [7, 11) is 0. The second-order valence-corrected chi connectivity index (χ2v) is 4.61. The number of aliphatic hydroxyl groups excluding tert-OH is 1. The van der Waals surface area contributed by atoms with Gasteiger partial charge in [-0.15, -0.1) is 0 Å². The fourth-order valence-electron chi connectivity index (χ4n) is 2.12. The lowest BCUT2D eigenvalue weighted by Gasteiger charge is -2.10. The Hall–Kier alpha value is -1.64. The molecule has 0 aromatic heterocycles. The van der Waals surface area contributed by atoms with Crippen molar-refractivity contribution in [3.63, 3.8) is 0 Å². The molecule has 1 atom stereocenters. The first kappa shape index (κ1) is 12.8. The van der Waals surface area contributed by atoms with Crippen LogP contribution in [-0.2, 0) is 6.42 Å². The molecule has 2 heteroatoms. The molecular formula is C16H19NO. The van der Waals surface area contributed by atoms with Gasteiger partial charge in [0.2, 0.25) is 0 Å². The van der Waals surface area contributed by atoms with Crippen molar-refractivity contribution in [2.24, 2.45) is 5.73 Å². The average molecular weight is 241 g/mol. The smallest absolute Gasteiger partial charge is 0.0702 e. The van der Waals surface area contributed by atoms with E-state index >= 15 is 0 Å². The summed E-state index contributed by atoms with van der Waals surface area (Å²) < 4.78 is 0. The van der Waals surface area contributed by atoms with E-state index in [0.29, 0.717) is 13.0 Å². The standard InChI is InChI=1S/C16H19NO/c1-12-5-2-3-8-16(12)14-7-4-6-13(9-14)10-15(18)11-17/h2-9,15,18H,10-11,17H2,1H3. The zero-order chi connectivity index (χ0) is 13.0. The van der Waals surface area contributed by atoms with E-state index < -0.39 is 6.10 Å². The van der Waals surface area contributed by atoms with Gasteiger partial charge in [-0.1, -0.05) is 48.5 Å². The topological polar surface area (TPSA) is 46.2 Å². The molecule has 2 aromatic carbocycles.